The molecular formula is C28H26N4O6. The van der Waals surface area contributed by atoms with Crippen LogP contribution in [-0.2, 0) is 14.3 Å². The summed E-state index contributed by atoms with van der Waals surface area (Å²) in [6, 6.07) is 20.1. The number of morpholine rings is 1. The van der Waals surface area contributed by atoms with Crippen LogP contribution in [0.25, 0.3) is 0 Å². The van der Waals surface area contributed by atoms with Crippen LogP contribution >= 0.6 is 0 Å². The van der Waals surface area contributed by atoms with Crippen LogP contribution in [0.1, 0.15) is 31.8 Å². The lowest BCUT2D eigenvalue weighted by molar-refractivity contribution is -0.136. The van der Waals surface area contributed by atoms with E-state index >= 15 is 0 Å². The van der Waals surface area contributed by atoms with Gasteiger partial charge >= 0.3 is 17.8 Å². The lowest BCUT2D eigenvalue weighted by Crippen LogP contribution is -2.41. The number of esters is 1. The monoisotopic (exact) mass is 514 g/mol. The maximum absolute atomic E-state index is 12.8. The number of anilines is 1. The lowest BCUT2D eigenvalue weighted by atomic mass is 10.1. The smallest absolute Gasteiger partial charge is 0.343 e. The van der Waals surface area contributed by atoms with Crippen molar-refractivity contribution in [3.63, 3.8) is 0 Å². The molecule has 0 aromatic heterocycles. The van der Waals surface area contributed by atoms with E-state index in [1.807, 2.05) is 19.1 Å². The highest BCUT2D eigenvalue weighted by Gasteiger charge is 2.23. The highest BCUT2D eigenvalue weighted by molar-refractivity contribution is 6.40. The van der Waals surface area contributed by atoms with Crippen molar-refractivity contribution in [3.05, 3.63) is 95.1 Å². The summed E-state index contributed by atoms with van der Waals surface area (Å²) in [6.07, 6.45) is 1.34. The molecule has 3 aromatic carbocycles. The molecule has 0 spiro atoms. The second kappa shape index (κ2) is 12.4. The molecule has 10 heteroatoms. The van der Waals surface area contributed by atoms with Crippen LogP contribution in [0.3, 0.4) is 0 Å². The van der Waals surface area contributed by atoms with Crippen LogP contribution in [0.5, 0.6) is 5.75 Å². The minimum absolute atomic E-state index is 0.226. The van der Waals surface area contributed by atoms with Crippen molar-refractivity contribution in [2.75, 3.05) is 31.6 Å². The number of aryl methyl sites for hydroxylation is 1. The van der Waals surface area contributed by atoms with Gasteiger partial charge in [0.2, 0.25) is 0 Å². The average Bonchev–Trinajstić information content (AvgIpc) is 2.94. The topological polar surface area (TPSA) is 126 Å². The van der Waals surface area contributed by atoms with Gasteiger partial charge in [-0.3, -0.25) is 14.4 Å². The van der Waals surface area contributed by atoms with Crippen LogP contribution in [0, 0.1) is 6.92 Å². The Bertz CT molecular complexity index is 1360. The number of carbonyl (C=O) groups excluding carboxylic acids is 4. The predicted octanol–water partition coefficient (Wildman–Crippen LogP) is 2.78. The molecule has 194 valence electrons. The normalized spacial score (nSPS) is 13.1. The minimum Gasteiger partial charge on any atom is -0.423 e. The number of benzene rings is 3. The Morgan fingerprint density at radius 2 is 1.53 bits per heavy atom. The summed E-state index contributed by atoms with van der Waals surface area (Å²) in [7, 11) is 0. The van der Waals surface area contributed by atoms with E-state index in [-0.39, 0.29) is 17.2 Å². The van der Waals surface area contributed by atoms with Gasteiger partial charge in [-0.25, -0.2) is 10.2 Å². The fourth-order valence-electron chi connectivity index (χ4n) is 3.70. The third kappa shape index (κ3) is 6.68. The highest BCUT2D eigenvalue weighted by atomic mass is 16.5. The number of para-hydroxylation sites is 1. The summed E-state index contributed by atoms with van der Waals surface area (Å²) < 4.78 is 10.7. The molecule has 0 aliphatic carbocycles. The number of hydrogen-bond donors (Lipinski definition) is 2. The van der Waals surface area contributed by atoms with E-state index < -0.39 is 17.8 Å². The van der Waals surface area contributed by atoms with Crippen molar-refractivity contribution in [2.24, 2.45) is 5.10 Å². The van der Waals surface area contributed by atoms with Crippen LogP contribution < -0.4 is 15.5 Å². The number of amides is 3. The first-order valence-corrected chi connectivity index (χ1v) is 11.9. The molecule has 38 heavy (non-hydrogen) atoms. The Morgan fingerprint density at radius 3 is 2.24 bits per heavy atom. The summed E-state index contributed by atoms with van der Waals surface area (Å²) in [6.45, 7) is 3.62. The molecule has 1 heterocycles. The Labute approximate surface area is 219 Å². The largest absolute Gasteiger partial charge is 0.423 e. The number of hydrazone groups is 1. The summed E-state index contributed by atoms with van der Waals surface area (Å²) in [5.41, 5.74) is 4.56. The van der Waals surface area contributed by atoms with Crippen LogP contribution in [-0.4, -0.2) is 61.1 Å². The molecule has 0 radical (unpaired) electrons. The zero-order chi connectivity index (χ0) is 26.9. The van der Waals surface area contributed by atoms with Gasteiger partial charge in [-0.1, -0.05) is 30.3 Å². The fourth-order valence-corrected chi connectivity index (χ4v) is 3.70. The molecule has 0 saturated carbocycles. The third-order valence-corrected chi connectivity index (χ3v) is 5.75. The molecule has 1 aliphatic heterocycles. The maximum Gasteiger partial charge on any atom is 0.343 e. The number of carbonyl (C=O) groups is 4. The second-order valence-corrected chi connectivity index (χ2v) is 8.38. The standard InChI is InChI=1S/C28H26N4O6/c1-19-6-2-3-7-22(19)28(36)38-21-12-10-20(11-13-21)18-29-31-26(34)25(33)30-24-9-5-4-8-23(24)27(35)32-14-16-37-17-15-32/h2-13,18H,14-17H2,1H3,(H,30,33)(H,31,34). The molecule has 0 atom stereocenters. The lowest BCUT2D eigenvalue weighted by Gasteiger charge is -2.27. The number of hydrogen-bond acceptors (Lipinski definition) is 7. The van der Waals surface area contributed by atoms with Gasteiger partial charge in [-0.15, -0.1) is 0 Å². The van der Waals surface area contributed by atoms with Crippen LogP contribution in [0.15, 0.2) is 77.9 Å². The molecule has 1 fully saturated rings. The van der Waals surface area contributed by atoms with Crippen LogP contribution in [0.4, 0.5) is 5.69 Å². The van der Waals surface area contributed by atoms with Gasteiger partial charge in [-0.2, -0.15) is 5.10 Å². The van der Waals surface area contributed by atoms with Gasteiger partial charge < -0.3 is 19.7 Å². The molecular weight excluding hydrogens is 488 g/mol. The number of ether oxygens (including phenoxy) is 2. The fraction of sp³-hybridized carbons (Fsp3) is 0.179. The van der Waals surface area contributed by atoms with Crippen molar-refractivity contribution in [1.29, 1.82) is 0 Å². The number of rotatable bonds is 6. The van der Waals surface area contributed by atoms with Gasteiger partial charge in [0.25, 0.3) is 5.91 Å². The number of nitrogens with zero attached hydrogens (tertiary/aromatic N) is 2. The van der Waals surface area contributed by atoms with Crippen molar-refractivity contribution >= 4 is 35.6 Å². The summed E-state index contributed by atoms with van der Waals surface area (Å²) in [5.74, 6) is -2.34. The molecule has 3 amide bonds. The third-order valence-electron chi connectivity index (χ3n) is 5.75. The number of nitrogens with one attached hydrogen (secondary N) is 2. The Kier molecular flexibility index (Phi) is 8.57. The SMILES string of the molecule is Cc1ccccc1C(=O)Oc1ccc(C=NNC(=O)C(=O)Nc2ccccc2C(=O)N2CCOCC2)cc1. The zero-order valence-electron chi connectivity index (χ0n) is 20.7. The van der Waals surface area contributed by atoms with E-state index in [1.54, 1.807) is 65.6 Å². The molecule has 4 rings (SSSR count). The Morgan fingerprint density at radius 1 is 0.868 bits per heavy atom. The van der Waals surface area contributed by atoms with E-state index in [4.69, 9.17) is 9.47 Å². The van der Waals surface area contributed by atoms with Gasteiger partial charge in [-0.05, 0) is 60.5 Å². The van der Waals surface area contributed by atoms with Crippen molar-refractivity contribution in [1.82, 2.24) is 10.3 Å². The molecule has 0 unspecified atom stereocenters. The van der Waals surface area contributed by atoms with Gasteiger partial charge in [0.1, 0.15) is 5.75 Å². The van der Waals surface area contributed by atoms with Gasteiger partial charge in [0.05, 0.1) is 36.2 Å². The quantitative estimate of drug-likeness (QED) is 0.171. The predicted molar refractivity (Wildman–Crippen MR) is 140 cm³/mol. The Balaban J connectivity index is 1.30. The van der Waals surface area contributed by atoms with Crippen molar-refractivity contribution < 1.29 is 28.7 Å². The Hall–Kier alpha value is -4.83. The average molecular weight is 515 g/mol. The molecule has 0 bridgehead atoms. The summed E-state index contributed by atoms with van der Waals surface area (Å²) in [5, 5.41) is 6.27. The summed E-state index contributed by atoms with van der Waals surface area (Å²) >= 11 is 0. The first kappa shape index (κ1) is 26.2. The van der Waals surface area contributed by atoms with Gasteiger partial charge in [0.15, 0.2) is 0 Å². The first-order valence-electron chi connectivity index (χ1n) is 11.9. The van der Waals surface area contributed by atoms with Crippen molar-refractivity contribution in [3.8, 4) is 5.75 Å². The maximum atomic E-state index is 12.8. The molecule has 10 nitrogen and oxygen atoms in total. The van der Waals surface area contributed by atoms with Crippen LogP contribution in [0.2, 0.25) is 0 Å². The molecule has 1 saturated heterocycles. The minimum atomic E-state index is -1.00. The van der Waals surface area contributed by atoms with E-state index in [0.717, 1.165) is 5.56 Å². The van der Waals surface area contributed by atoms with E-state index in [2.05, 4.69) is 15.8 Å². The zero-order valence-corrected chi connectivity index (χ0v) is 20.7. The summed E-state index contributed by atoms with van der Waals surface area (Å²) in [4.78, 5) is 51.5. The van der Waals surface area contributed by atoms with Crippen molar-refractivity contribution in [2.45, 2.75) is 6.92 Å². The van der Waals surface area contributed by atoms with E-state index in [9.17, 15) is 19.2 Å². The van der Waals surface area contributed by atoms with E-state index in [0.29, 0.717) is 43.2 Å². The molecule has 1 aliphatic rings. The molecule has 2 N–H and O–H groups in total. The molecule has 3 aromatic rings. The van der Waals surface area contributed by atoms with E-state index in [1.165, 1.54) is 6.21 Å². The highest BCUT2D eigenvalue weighted by Crippen LogP contribution is 2.18. The first-order chi connectivity index (χ1) is 18.4. The van der Waals surface area contributed by atoms with Gasteiger partial charge in [0, 0.05) is 13.1 Å². The second-order valence-electron chi connectivity index (χ2n) is 8.38.